The van der Waals surface area contributed by atoms with Crippen molar-refractivity contribution in [1.82, 2.24) is 9.55 Å². The Labute approximate surface area is 212 Å². The molecule has 1 unspecified atom stereocenters. The Morgan fingerprint density at radius 2 is 1.86 bits per heavy atom. The van der Waals surface area contributed by atoms with E-state index in [1.165, 1.54) is 39.0 Å². The van der Waals surface area contributed by atoms with E-state index in [1.54, 1.807) is 0 Å². The first-order chi connectivity index (χ1) is 17.7. The molecule has 0 fully saturated rings. The van der Waals surface area contributed by atoms with Gasteiger partial charge in [0, 0.05) is 57.4 Å². The molecule has 36 heavy (non-hydrogen) atoms. The number of nitriles is 1. The summed E-state index contributed by atoms with van der Waals surface area (Å²) in [6.07, 6.45) is 15.0. The smallest absolute Gasteiger partial charge is 0.0947 e. The molecule has 0 aliphatic heterocycles. The van der Waals surface area contributed by atoms with Crippen LogP contribution >= 0.6 is 0 Å². The topological polar surface area (TPSA) is 41.6 Å². The van der Waals surface area contributed by atoms with Crippen molar-refractivity contribution in [2.24, 2.45) is 0 Å². The van der Waals surface area contributed by atoms with Crippen molar-refractivity contribution in [3.05, 3.63) is 114 Å². The summed E-state index contributed by atoms with van der Waals surface area (Å²) in [5.74, 6) is 0.257. The van der Waals surface area contributed by atoms with Gasteiger partial charge in [-0.1, -0.05) is 74.2 Å². The van der Waals surface area contributed by atoms with Gasteiger partial charge in [-0.05, 0) is 54.2 Å². The first-order valence-corrected chi connectivity index (χ1v) is 12.5. The number of benzene rings is 2. The van der Waals surface area contributed by atoms with E-state index in [2.05, 4.69) is 95.9 Å². The van der Waals surface area contributed by atoms with Crippen molar-refractivity contribution in [2.75, 3.05) is 0 Å². The van der Waals surface area contributed by atoms with Crippen LogP contribution in [0.2, 0.25) is 0 Å². The number of aromatic nitrogens is 2. The second-order valence-corrected chi connectivity index (χ2v) is 9.55. The molecule has 3 heteroatoms. The summed E-state index contributed by atoms with van der Waals surface area (Å²) >= 11 is 0. The molecule has 3 nitrogen and oxygen atoms in total. The maximum absolute atomic E-state index is 9.68. The lowest BCUT2D eigenvalue weighted by molar-refractivity contribution is 0.708. The molecular formula is C33H27N3. The molecule has 2 aromatic carbocycles. The molecule has 0 amide bonds. The average molecular weight is 466 g/mol. The lowest BCUT2D eigenvalue weighted by atomic mass is 9.87. The fourth-order valence-electron chi connectivity index (χ4n) is 5.84. The number of nitrogens with zero attached hydrogens (tertiary/aromatic N) is 3. The molecule has 0 saturated carbocycles. The van der Waals surface area contributed by atoms with E-state index in [-0.39, 0.29) is 5.92 Å². The van der Waals surface area contributed by atoms with E-state index in [0.717, 1.165) is 41.5 Å². The van der Waals surface area contributed by atoms with Crippen LogP contribution in [0.15, 0.2) is 91.3 Å². The summed E-state index contributed by atoms with van der Waals surface area (Å²) in [4.78, 5) is 4.43. The third-order valence-electron chi connectivity index (χ3n) is 7.40. The number of hydrogen-bond acceptors (Lipinski definition) is 2. The van der Waals surface area contributed by atoms with E-state index in [0.29, 0.717) is 0 Å². The Morgan fingerprint density at radius 3 is 2.69 bits per heavy atom. The van der Waals surface area contributed by atoms with Gasteiger partial charge in [0.25, 0.3) is 0 Å². The average Bonchev–Trinajstić information content (AvgIpc) is 3.28. The number of allylic oxidation sites excluding steroid dienone is 5. The number of rotatable bonds is 4. The third-order valence-corrected chi connectivity index (χ3v) is 7.40. The van der Waals surface area contributed by atoms with Crippen LogP contribution in [0, 0.1) is 11.3 Å². The maximum Gasteiger partial charge on any atom is 0.0947 e. The summed E-state index contributed by atoms with van der Waals surface area (Å²) in [7, 11) is 0. The molecule has 4 aromatic rings. The summed E-state index contributed by atoms with van der Waals surface area (Å²) in [6, 6.07) is 21.6. The van der Waals surface area contributed by atoms with E-state index in [9.17, 15) is 5.26 Å². The van der Waals surface area contributed by atoms with Gasteiger partial charge in [0.2, 0.25) is 0 Å². The molecule has 1 atom stereocenters. The van der Waals surface area contributed by atoms with Gasteiger partial charge in [-0.15, -0.1) is 0 Å². The molecule has 2 heterocycles. The highest BCUT2D eigenvalue weighted by Crippen LogP contribution is 2.45. The molecule has 0 spiro atoms. The minimum Gasteiger partial charge on any atom is -0.316 e. The number of para-hydroxylation sites is 1. The summed E-state index contributed by atoms with van der Waals surface area (Å²) in [5.41, 5.74) is 11.6. The number of pyridine rings is 1. The van der Waals surface area contributed by atoms with Crippen LogP contribution in [0.1, 0.15) is 54.5 Å². The number of fused-ring (bicyclic) bond motifs is 3. The first kappa shape index (κ1) is 22.1. The van der Waals surface area contributed by atoms with Crippen molar-refractivity contribution in [2.45, 2.75) is 32.1 Å². The normalized spacial score (nSPS) is 17.0. The summed E-state index contributed by atoms with van der Waals surface area (Å²) in [6.45, 7) is 6.28. The van der Waals surface area contributed by atoms with Gasteiger partial charge in [0.05, 0.1) is 11.6 Å². The Kier molecular flexibility index (Phi) is 5.51. The van der Waals surface area contributed by atoms with Gasteiger partial charge in [-0.25, -0.2) is 0 Å². The zero-order chi connectivity index (χ0) is 24.6. The van der Waals surface area contributed by atoms with Crippen LogP contribution in [0.5, 0.6) is 0 Å². The summed E-state index contributed by atoms with van der Waals surface area (Å²) < 4.78 is 2.49. The fourth-order valence-corrected chi connectivity index (χ4v) is 5.84. The van der Waals surface area contributed by atoms with Crippen molar-refractivity contribution < 1.29 is 0 Å². The van der Waals surface area contributed by atoms with Crippen LogP contribution < -0.4 is 0 Å². The SMILES string of the molecule is C=Cc1ccncc1-c1ccccc1C1=C(n2c3c(c4ccccc42)C=C(C#N)CC3C)CCC=C1. The van der Waals surface area contributed by atoms with Gasteiger partial charge in [0.15, 0.2) is 0 Å². The monoisotopic (exact) mass is 465 g/mol. The van der Waals surface area contributed by atoms with Crippen LogP contribution in [0.25, 0.3) is 45.5 Å². The number of hydrogen-bond donors (Lipinski definition) is 0. The van der Waals surface area contributed by atoms with Crippen LogP contribution in [0.4, 0.5) is 0 Å². The maximum atomic E-state index is 9.68. The lowest BCUT2D eigenvalue weighted by Crippen LogP contribution is -2.12. The Hall–Kier alpha value is -4.42. The molecular weight excluding hydrogens is 438 g/mol. The zero-order valence-corrected chi connectivity index (χ0v) is 20.4. The molecule has 174 valence electrons. The molecule has 2 aliphatic carbocycles. The summed E-state index contributed by atoms with van der Waals surface area (Å²) in [5, 5.41) is 10.9. The highest BCUT2D eigenvalue weighted by Gasteiger charge is 2.28. The molecule has 2 aromatic heterocycles. The largest absolute Gasteiger partial charge is 0.316 e. The highest BCUT2D eigenvalue weighted by molar-refractivity contribution is 6.02. The Morgan fingerprint density at radius 1 is 1.06 bits per heavy atom. The van der Waals surface area contributed by atoms with E-state index in [4.69, 9.17) is 0 Å². The first-order valence-electron chi connectivity index (χ1n) is 12.5. The Bertz CT molecular complexity index is 1650. The van der Waals surface area contributed by atoms with Crippen LogP contribution in [-0.4, -0.2) is 9.55 Å². The highest BCUT2D eigenvalue weighted by atomic mass is 15.0. The van der Waals surface area contributed by atoms with Crippen molar-refractivity contribution in [3.63, 3.8) is 0 Å². The zero-order valence-electron chi connectivity index (χ0n) is 20.4. The second kappa shape index (κ2) is 8.98. The van der Waals surface area contributed by atoms with Gasteiger partial charge in [-0.2, -0.15) is 5.26 Å². The van der Waals surface area contributed by atoms with Crippen molar-refractivity contribution in [3.8, 4) is 17.2 Å². The minimum absolute atomic E-state index is 0.257. The van der Waals surface area contributed by atoms with Gasteiger partial charge in [0.1, 0.15) is 0 Å². The standard InChI is InChI=1S/C33H27N3/c1-3-24-16-17-35-21-30(24)26-11-5-4-10-25(26)27-12-6-8-14-31(27)36-32-15-9-7-13-28(32)29-19-23(20-34)18-22(2)33(29)36/h3-7,9-13,15-17,19,21-22H,1,8,14,18H2,2H3. The third kappa shape index (κ3) is 3.46. The predicted molar refractivity (Wildman–Crippen MR) is 150 cm³/mol. The van der Waals surface area contributed by atoms with E-state index in [1.807, 2.05) is 24.5 Å². The molecule has 0 saturated heterocycles. The molecule has 6 rings (SSSR count). The van der Waals surface area contributed by atoms with Crippen molar-refractivity contribution in [1.29, 1.82) is 5.26 Å². The Balaban J connectivity index is 1.67. The molecule has 2 aliphatic rings. The quantitative estimate of drug-likeness (QED) is 0.303. The van der Waals surface area contributed by atoms with Crippen LogP contribution in [-0.2, 0) is 0 Å². The van der Waals surface area contributed by atoms with E-state index >= 15 is 0 Å². The molecule has 0 bridgehead atoms. The molecule has 0 N–H and O–H groups in total. The predicted octanol–water partition coefficient (Wildman–Crippen LogP) is 8.48. The van der Waals surface area contributed by atoms with E-state index < -0.39 is 0 Å². The second-order valence-electron chi connectivity index (χ2n) is 9.55. The fraction of sp³-hybridized carbons (Fsp3) is 0.152. The van der Waals surface area contributed by atoms with Crippen LogP contribution in [0.3, 0.4) is 0 Å². The lowest BCUT2D eigenvalue weighted by Gasteiger charge is -2.26. The van der Waals surface area contributed by atoms with Gasteiger partial charge in [-0.3, -0.25) is 4.98 Å². The van der Waals surface area contributed by atoms with Crippen molar-refractivity contribution >= 4 is 34.3 Å². The minimum atomic E-state index is 0.257. The molecule has 0 radical (unpaired) electrons. The van der Waals surface area contributed by atoms with Gasteiger partial charge < -0.3 is 4.57 Å². The van der Waals surface area contributed by atoms with Gasteiger partial charge >= 0.3 is 0 Å².